The molecule has 1 aromatic rings. The average molecular weight is 235 g/mol. The molecule has 80 valence electrons. The quantitative estimate of drug-likeness (QED) is 0.724. The van der Waals surface area contributed by atoms with Crippen LogP contribution in [0.3, 0.4) is 0 Å². The maximum absolute atomic E-state index is 8.65. The number of nitrogens with zero attached hydrogens (tertiary/aromatic N) is 1. The van der Waals surface area contributed by atoms with Crippen LogP contribution in [0, 0.1) is 11.0 Å². The van der Waals surface area contributed by atoms with Gasteiger partial charge in [0.25, 0.3) is 9.76 Å². The summed E-state index contributed by atoms with van der Waals surface area (Å²) in [5.41, 5.74) is 2.20. The lowest BCUT2D eigenvalue weighted by Crippen LogP contribution is -2.48. The summed E-state index contributed by atoms with van der Waals surface area (Å²) in [7, 11) is -2.79. The molecule has 15 heavy (non-hydrogen) atoms. The van der Waals surface area contributed by atoms with Crippen molar-refractivity contribution in [2.24, 2.45) is 0 Å². The van der Waals surface area contributed by atoms with Gasteiger partial charge in [-0.2, -0.15) is 0 Å². The maximum Gasteiger partial charge on any atom is 0.265 e. The van der Waals surface area contributed by atoms with Crippen LogP contribution >= 0.6 is 0 Å². The first kappa shape index (κ1) is 12.2. The second-order valence-corrected chi connectivity index (χ2v) is 9.09. The van der Waals surface area contributed by atoms with Gasteiger partial charge in [-0.1, -0.05) is 43.7 Å². The molecule has 0 aromatic heterocycles. The van der Waals surface area contributed by atoms with Gasteiger partial charge in [0.15, 0.2) is 0 Å². The largest absolute Gasteiger partial charge is 0.446 e. The monoisotopic (exact) mass is 235 g/mol. The molecule has 0 fully saturated rings. The van der Waals surface area contributed by atoms with Crippen LogP contribution in [0.1, 0.15) is 13.3 Å². The van der Waals surface area contributed by atoms with Crippen molar-refractivity contribution in [3.63, 3.8) is 0 Å². The van der Waals surface area contributed by atoms with Gasteiger partial charge in [-0.3, -0.25) is 0 Å². The third kappa shape index (κ3) is 3.31. The van der Waals surface area contributed by atoms with E-state index in [2.05, 4.69) is 31.3 Å². The molecule has 4 heteroatoms. The molecule has 1 unspecified atom stereocenters. The molecule has 2 nitrogen and oxygen atoms in total. The smallest absolute Gasteiger partial charge is 0.265 e. The number of hydrogen-bond donors (Lipinski definition) is 0. The number of benzene rings is 1. The van der Waals surface area contributed by atoms with E-state index in [1.165, 1.54) is 5.19 Å². The van der Waals surface area contributed by atoms with Crippen LogP contribution in [0.15, 0.2) is 30.3 Å². The Morgan fingerprint density at radius 2 is 2.07 bits per heavy atom. The number of nitriles is 1. The van der Waals surface area contributed by atoms with Gasteiger partial charge in [0.05, 0.1) is 5.69 Å². The minimum absolute atomic E-state index is 0.979. The van der Waals surface area contributed by atoms with Gasteiger partial charge >= 0.3 is 0 Å². The normalized spacial score (nSPS) is 15.0. The van der Waals surface area contributed by atoms with Crippen LogP contribution < -0.4 is 5.19 Å². The summed E-state index contributed by atoms with van der Waals surface area (Å²) < 4.78 is 5.92. The van der Waals surface area contributed by atoms with Crippen LogP contribution in [0.25, 0.3) is 0 Å². The summed E-state index contributed by atoms with van der Waals surface area (Å²) >= 11 is 0. The van der Waals surface area contributed by atoms with Crippen molar-refractivity contribution in [2.75, 3.05) is 0 Å². The van der Waals surface area contributed by atoms with E-state index in [1.807, 2.05) is 18.2 Å². The van der Waals surface area contributed by atoms with E-state index < -0.39 is 18.1 Å². The molecular formula is C11H17NOSi2. The Bertz CT molecular complexity index is 336. The fourth-order valence-electron chi connectivity index (χ4n) is 1.76. The van der Waals surface area contributed by atoms with Crippen molar-refractivity contribution in [1.82, 2.24) is 0 Å². The van der Waals surface area contributed by atoms with Gasteiger partial charge in [0.1, 0.15) is 0 Å². The molecule has 0 heterocycles. The Hall–Kier alpha value is -0.896. The number of hydrogen-bond acceptors (Lipinski definition) is 2. The molecule has 1 rings (SSSR count). The van der Waals surface area contributed by atoms with E-state index in [4.69, 9.17) is 9.38 Å². The molecule has 0 amide bonds. The molecule has 1 atom stereocenters. The number of rotatable bonds is 5. The van der Waals surface area contributed by atoms with Crippen molar-refractivity contribution in [2.45, 2.75) is 25.9 Å². The van der Waals surface area contributed by atoms with Crippen LogP contribution in [-0.4, -0.2) is 18.1 Å². The lowest BCUT2D eigenvalue weighted by atomic mass is 10.4. The van der Waals surface area contributed by atoms with Gasteiger partial charge < -0.3 is 4.12 Å². The van der Waals surface area contributed by atoms with E-state index in [-0.39, 0.29) is 0 Å². The predicted octanol–water partition coefficient (Wildman–Crippen LogP) is 1.46. The van der Waals surface area contributed by atoms with Crippen molar-refractivity contribution in [1.29, 1.82) is 5.26 Å². The van der Waals surface area contributed by atoms with Crippen molar-refractivity contribution < 1.29 is 4.12 Å². The zero-order valence-electron chi connectivity index (χ0n) is 9.36. The first-order valence-corrected chi connectivity index (χ1v) is 9.19. The Morgan fingerprint density at radius 1 is 1.40 bits per heavy atom. The first-order chi connectivity index (χ1) is 7.23. The summed E-state index contributed by atoms with van der Waals surface area (Å²) in [5, 5.41) is 9.97. The second-order valence-electron chi connectivity index (χ2n) is 3.79. The van der Waals surface area contributed by atoms with Crippen molar-refractivity contribution in [3.05, 3.63) is 30.3 Å². The molecule has 0 radical (unpaired) electrons. The Balaban J connectivity index is 2.86. The standard InChI is InChI=1S/C11H17NOSi2/c1-3-9-15(2,13-14-10-12)11-7-5-4-6-8-11/h4-8H,3,9,14H2,1-2H3. The summed E-state index contributed by atoms with van der Waals surface area (Å²) in [6, 6.07) is 11.5. The second kappa shape index (κ2) is 5.86. The Kier molecular flexibility index (Phi) is 4.75. The third-order valence-corrected chi connectivity index (χ3v) is 8.83. The fourth-order valence-corrected chi connectivity index (χ4v) is 6.68. The summed E-state index contributed by atoms with van der Waals surface area (Å²) in [6.45, 7) is 4.39. The van der Waals surface area contributed by atoms with Crippen LogP contribution in [-0.2, 0) is 4.12 Å². The van der Waals surface area contributed by atoms with Gasteiger partial charge in [-0.25, -0.2) is 5.26 Å². The van der Waals surface area contributed by atoms with Crippen LogP contribution in [0.5, 0.6) is 0 Å². The van der Waals surface area contributed by atoms with E-state index in [0.29, 0.717) is 0 Å². The maximum atomic E-state index is 8.65. The molecular weight excluding hydrogens is 218 g/mol. The van der Waals surface area contributed by atoms with E-state index in [9.17, 15) is 0 Å². The highest BCUT2D eigenvalue weighted by Gasteiger charge is 2.29. The molecule has 0 aliphatic carbocycles. The minimum atomic E-state index is -1.81. The Labute approximate surface area is 95.0 Å². The summed E-state index contributed by atoms with van der Waals surface area (Å²) in [6.07, 6.45) is 1.12. The molecule has 0 N–H and O–H groups in total. The molecule has 0 aliphatic rings. The van der Waals surface area contributed by atoms with E-state index in [0.717, 1.165) is 12.5 Å². The van der Waals surface area contributed by atoms with Crippen LogP contribution in [0.2, 0.25) is 12.6 Å². The minimum Gasteiger partial charge on any atom is -0.446 e. The highest BCUT2D eigenvalue weighted by molar-refractivity contribution is 6.88. The molecule has 0 saturated carbocycles. The highest BCUT2D eigenvalue weighted by Crippen LogP contribution is 2.13. The van der Waals surface area contributed by atoms with Gasteiger partial charge in [-0.15, -0.1) is 0 Å². The SMILES string of the molecule is CCC[Si](C)(O[SiH2]C#N)c1ccccc1. The fraction of sp³-hybridized carbons (Fsp3) is 0.364. The third-order valence-electron chi connectivity index (χ3n) is 2.57. The topological polar surface area (TPSA) is 33.0 Å². The zero-order chi connectivity index (χ0) is 11.1. The summed E-state index contributed by atoms with van der Waals surface area (Å²) in [4.78, 5) is 0. The Morgan fingerprint density at radius 3 is 2.60 bits per heavy atom. The van der Waals surface area contributed by atoms with Crippen LogP contribution in [0.4, 0.5) is 0 Å². The van der Waals surface area contributed by atoms with Gasteiger partial charge in [0.2, 0.25) is 8.32 Å². The van der Waals surface area contributed by atoms with E-state index in [1.54, 1.807) is 0 Å². The highest BCUT2D eigenvalue weighted by atomic mass is 28.4. The molecule has 0 spiro atoms. The lowest BCUT2D eigenvalue weighted by Gasteiger charge is -2.26. The van der Waals surface area contributed by atoms with Crippen molar-refractivity contribution in [3.8, 4) is 5.69 Å². The van der Waals surface area contributed by atoms with E-state index >= 15 is 0 Å². The van der Waals surface area contributed by atoms with Gasteiger partial charge in [-0.05, 0) is 17.8 Å². The summed E-state index contributed by atoms with van der Waals surface area (Å²) in [5.74, 6) is 0. The molecule has 0 bridgehead atoms. The molecule has 0 saturated heterocycles. The lowest BCUT2D eigenvalue weighted by molar-refractivity contribution is 0.600. The first-order valence-electron chi connectivity index (χ1n) is 5.29. The molecule has 0 aliphatic heterocycles. The predicted molar refractivity (Wildman–Crippen MR) is 68.0 cm³/mol. The average Bonchev–Trinajstić information content (AvgIpc) is 2.28. The van der Waals surface area contributed by atoms with Gasteiger partial charge in [0, 0.05) is 0 Å². The van der Waals surface area contributed by atoms with Crippen molar-refractivity contribution >= 4 is 23.3 Å². The zero-order valence-corrected chi connectivity index (χ0v) is 11.8. The molecule has 1 aromatic carbocycles.